The summed E-state index contributed by atoms with van der Waals surface area (Å²) in [6.45, 7) is 6.42. The lowest BCUT2D eigenvalue weighted by Crippen LogP contribution is -2.48. The Morgan fingerprint density at radius 1 is 1.29 bits per heavy atom. The molecule has 2 aromatic rings. The Morgan fingerprint density at radius 2 is 2.00 bits per heavy atom. The number of nitrogens with one attached hydrogen (secondary N) is 1. The van der Waals surface area contributed by atoms with E-state index in [4.69, 9.17) is 4.74 Å². The van der Waals surface area contributed by atoms with Gasteiger partial charge in [0.25, 0.3) is 0 Å². The topological polar surface area (TPSA) is 72.3 Å². The molecule has 0 radical (unpaired) electrons. The van der Waals surface area contributed by atoms with Crippen LogP contribution in [0.5, 0.6) is 5.88 Å². The molecule has 2 unspecified atom stereocenters. The summed E-state index contributed by atoms with van der Waals surface area (Å²) in [5.41, 5.74) is -0.0273. The number of hydrogen-bond donors (Lipinski definition) is 1. The zero-order chi connectivity index (χ0) is 23.0. The van der Waals surface area contributed by atoms with E-state index >= 15 is 0 Å². The van der Waals surface area contributed by atoms with Crippen LogP contribution in [0.25, 0.3) is 0 Å². The van der Waals surface area contributed by atoms with Gasteiger partial charge in [-0.3, -0.25) is 9.48 Å². The highest BCUT2D eigenvalue weighted by atomic mass is 19.4. The minimum atomic E-state index is -4.58. The van der Waals surface area contributed by atoms with Crippen molar-refractivity contribution in [3.8, 4) is 5.88 Å². The standard InChI is InChI=1S/C21H28F3N5O2/c1-13-14(10-29(5)27-13)15-9-28(4)11-17(15)26-19(30)20(2,3)12-31-18-16(21(22,23)24)7-6-8-25-18/h6-8,10,15,17H,9,11-12H2,1-5H3,(H,26,30). The number of carbonyl (C=O) groups excluding carboxylic acids is 1. The molecule has 1 aliphatic rings. The molecule has 2 aromatic heterocycles. The SMILES string of the molecule is Cc1nn(C)cc1C1CN(C)CC1NC(=O)C(C)(C)COc1ncccc1C(F)(F)F. The Bertz CT molecular complexity index is 941. The first-order chi connectivity index (χ1) is 14.4. The Morgan fingerprint density at radius 3 is 2.61 bits per heavy atom. The molecule has 2 atom stereocenters. The normalized spacial score (nSPS) is 20.1. The lowest BCUT2D eigenvalue weighted by molar-refractivity contribution is -0.139. The highest BCUT2D eigenvalue weighted by Gasteiger charge is 2.39. The lowest BCUT2D eigenvalue weighted by atomic mass is 9.90. The van der Waals surface area contributed by atoms with Crippen LogP contribution in [0.4, 0.5) is 13.2 Å². The van der Waals surface area contributed by atoms with Crippen LogP contribution in [0, 0.1) is 12.3 Å². The predicted octanol–water partition coefficient (Wildman–Crippen LogP) is 2.76. The molecule has 3 rings (SSSR count). The van der Waals surface area contributed by atoms with E-state index in [0.29, 0.717) is 6.54 Å². The monoisotopic (exact) mass is 439 g/mol. The number of amides is 1. The van der Waals surface area contributed by atoms with Gasteiger partial charge in [-0.2, -0.15) is 18.3 Å². The summed E-state index contributed by atoms with van der Waals surface area (Å²) in [5.74, 6) is -0.740. The molecule has 0 saturated carbocycles. The first-order valence-corrected chi connectivity index (χ1v) is 10.0. The molecule has 3 heterocycles. The molecule has 1 aliphatic heterocycles. The summed E-state index contributed by atoms with van der Waals surface area (Å²) in [6, 6.07) is 1.97. The number of pyridine rings is 1. The van der Waals surface area contributed by atoms with E-state index in [1.54, 1.807) is 18.5 Å². The maximum atomic E-state index is 13.2. The maximum Gasteiger partial charge on any atom is 0.421 e. The average Bonchev–Trinajstić information content (AvgIpc) is 3.20. The quantitative estimate of drug-likeness (QED) is 0.750. The minimum Gasteiger partial charge on any atom is -0.476 e. The van der Waals surface area contributed by atoms with Gasteiger partial charge in [-0.05, 0) is 45.5 Å². The van der Waals surface area contributed by atoms with Crippen LogP contribution in [-0.4, -0.2) is 58.4 Å². The van der Waals surface area contributed by atoms with Crippen molar-refractivity contribution in [1.29, 1.82) is 0 Å². The van der Waals surface area contributed by atoms with Crippen molar-refractivity contribution < 1.29 is 22.7 Å². The second kappa shape index (κ2) is 8.49. The van der Waals surface area contributed by atoms with Crippen LogP contribution >= 0.6 is 0 Å². The Balaban J connectivity index is 1.70. The molecule has 1 N–H and O–H groups in total. The molecule has 170 valence electrons. The van der Waals surface area contributed by atoms with Gasteiger partial charge >= 0.3 is 6.18 Å². The Labute approximate surface area is 179 Å². The Hall–Kier alpha value is -2.62. The first-order valence-electron chi connectivity index (χ1n) is 10.0. The van der Waals surface area contributed by atoms with Crippen molar-refractivity contribution in [2.24, 2.45) is 12.5 Å². The number of ether oxygens (including phenoxy) is 1. The molecule has 1 amide bonds. The number of halogens is 3. The van der Waals surface area contributed by atoms with Gasteiger partial charge < -0.3 is 15.0 Å². The third-order valence-electron chi connectivity index (χ3n) is 5.53. The van der Waals surface area contributed by atoms with Crippen LogP contribution < -0.4 is 10.1 Å². The van der Waals surface area contributed by atoms with Gasteiger partial charge in [0, 0.05) is 44.5 Å². The fourth-order valence-electron chi connectivity index (χ4n) is 3.84. The zero-order valence-electron chi connectivity index (χ0n) is 18.3. The first kappa shape index (κ1) is 23.1. The molecule has 0 spiro atoms. The number of rotatable bonds is 6. The summed E-state index contributed by atoms with van der Waals surface area (Å²) in [7, 11) is 3.84. The van der Waals surface area contributed by atoms with E-state index in [0.717, 1.165) is 23.9 Å². The van der Waals surface area contributed by atoms with E-state index in [9.17, 15) is 18.0 Å². The number of aromatic nitrogens is 3. The van der Waals surface area contributed by atoms with Crippen molar-refractivity contribution in [3.63, 3.8) is 0 Å². The minimum absolute atomic E-state index is 0.0759. The summed E-state index contributed by atoms with van der Waals surface area (Å²) in [6.07, 6.45) is -1.39. The second-order valence-electron chi connectivity index (χ2n) is 8.78. The summed E-state index contributed by atoms with van der Waals surface area (Å²) >= 11 is 0. The third-order valence-corrected chi connectivity index (χ3v) is 5.53. The van der Waals surface area contributed by atoms with E-state index in [2.05, 4.69) is 20.3 Å². The fourth-order valence-corrected chi connectivity index (χ4v) is 3.84. The van der Waals surface area contributed by atoms with E-state index in [1.807, 2.05) is 27.2 Å². The number of likely N-dealkylation sites (tertiary alicyclic amines) is 1. The highest BCUT2D eigenvalue weighted by Crippen LogP contribution is 2.35. The smallest absolute Gasteiger partial charge is 0.421 e. The van der Waals surface area contributed by atoms with E-state index in [1.165, 1.54) is 12.3 Å². The molecule has 0 aliphatic carbocycles. The molecule has 31 heavy (non-hydrogen) atoms. The fraction of sp³-hybridized carbons (Fsp3) is 0.571. The molecule has 0 bridgehead atoms. The molecule has 10 heteroatoms. The molecular weight excluding hydrogens is 411 g/mol. The van der Waals surface area contributed by atoms with Gasteiger partial charge in [0.2, 0.25) is 11.8 Å². The van der Waals surface area contributed by atoms with Crippen LogP contribution in [0.15, 0.2) is 24.5 Å². The summed E-state index contributed by atoms with van der Waals surface area (Å²) in [5, 5.41) is 7.48. The van der Waals surface area contributed by atoms with Crippen molar-refractivity contribution in [2.75, 3.05) is 26.7 Å². The molecular formula is C21H28F3N5O2. The average molecular weight is 439 g/mol. The summed E-state index contributed by atoms with van der Waals surface area (Å²) < 4.78 is 46.6. The summed E-state index contributed by atoms with van der Waals surface area (Å²) in [4.78, 5) is 18.9. The maximum absolute atomic E-state index is 13.2. The third kappa shape index (κ3) is 5.17. The van der Waals surface area contributed by atoms with Gasteiger partial charge in [-0.25, -0.2) is 4.98 Å². The van der Waals surface area contributed by atoms with Gasteiger partial charge in [0.15, 0.2) is 0 Å². The van der Waals surface area contributed by atoms with Crippen molar-refractivity contribution >= 4 is 5.91 Å². The van der Waals surface area contributed by atoms with Gasteiger partial charge in [0.05, 0.1) is 11.1 Å². The van der Waals surface area contributed by atoms with E-state index < -0.39 is 23.0 Å². The number of hydrogen-bond acceptors (Lipinski definition) is 5. The molecule has 1 fully saturated rings. The van der Waals surface area contributed by atoms with Crippen LogP contribution in [-0.2, 0) is 18.0 Å². The molecule has 0 aromatic carbocycles. The zero-order valence-corrected chi connectivity index (χ0v) is 18.3. The van der Waals surface area contributed by atoms with Crippen molar-refractivity contribution in [1.82, 2.24) is 25.0 Å². The van der Waals surface area contributed by atoms with E-state index in [-0.39, 0.29) is 24.5 Å². The van der Waals surface area contributed by atoms with Crippen LogP contribution in [0.3, 0.4) is 0 Å². The van der Waals surface area contributed by atoms with Crippen LogP contribution in [0.1, 0.15) is 36.6 Å². The Kier molecular flexibility index (Phi) is 6.31. The number of carbonyl (C=O) groups is 1. The number of nitrogens with zero attached hydrogens (tertiary/aromatic N) is 4. The van der Waals surface area contributed by atoms with Crippen molar-refractivity contribution in [3.05, 3.63) is 41.3 Å². The number of alkyl halides is 3. The number of likely N-dealkylation sites (N-methyl/N-ethyl adjacent to an activating group) is 1. The van der Waals surface area contributed by atoms with Crippen molar-refractivity contribution in [2.45, 2.75) is 38.9 Å². The van der Waals surface area contributed by atoms with Gasteiger partial charge in [-0.15, -0.1) is 0 Å². The molecule has 1 saturated heterocycles. The largest absolute Gasteiger partial charge is 0.476 e. The lowest BCUT2D eigenvalue weighted by Gasteiger charge is -2.28. The molecule has 7 nitrogen and oxygen atoms in total. The highest BCUT2D eigenvalue weighted by molar-refractivity contribution is 5.82. The second-order valence-corrected chi connectivity index (χ2v) is 8.78. The van der Waals surface area contributed by atoms with Crippen LogP contribution in [0.2, 0.25) is 0 Å². The predicted molar refractivity (Wildman–Crippen MR) is 109 cm³/mol. The van der Waals surface area contributed by atoms with Gasteiger partial charge in [0.1, 0.15) is 12.2 Å². The van der Waals surface area contributed by atoms with Gasteiger partial charge in [-0.1, -0.05) is 0 Å². The number of aryl methyl sites for hydroxylation is 2.